The predicted molar refractivity (Wildman–Crippen MR) is 134 cm³/mol. The fourth-order valence-electron chi connectivity index (χ4n) is 4.65. The minimum absolute atomic E-state index is 0.0534. The highest BCUT2D eigenvalue weighted by molar-refractivity contribution is 6.03. The second kappa shape index (κ2) is 12.1. The molecular weight excluding hydrogens is 500 g/mol. The third-order valence-corrected chi connectivity index (χ3v) is 6.45. The highest BCUT2D eigenvalue weighted by Crippen LogP contribution is 2.34. The monoisotopic (exact) mass is 534 g/mol. The van der Waals surface area contributed by atoms with Gasteiger partial charge in [-0.25, -0.2) is 9.79 Å². The van der Waals surface area contributed by atoms with Crippen LogP contribution in [0.25, 0.3) is 0 Å². The van der Waals surface area contributed by atoms with Crippen LogP contribution in [0, 0.1) is 0 Å². The molecule has 2 amide bonds. The van der Waals surface area contributed by atoms with Crippen LogP contribution in [-0.2, 0) is 23.8 Å². The van der Waals surface area contributed by atoms with E-state index in [1.165, 1.54) is 30.7 Å². The second-order valence-corrected chi connectivity index (χ2v) is 9.45. The van der Waals surface area contributed by atoms with Gasteiger partial charge < -0.3 is 40.0 Å². The number of hydrogen-bond donors (Lipinski definition) is 4. The van der Waals surface area contributed by atoms with Gasteiger partial charge in [-0.1, -0.05) is 13.3 Å². The van der Waals surface area contributed by atoms with Gasteiger partial charge in [0.25, 0.3) is 0 Å². The number of ether oxygens (including phenoxy) is 3. The van der Waals surface area contributed by atoms with E-state index in [1.54, 1.807) is 17.2 Å². The standard InChI is InChI=1S/C24H34N6O8/c1-4-5-16-21(34)22(23(38-16)30-9-7-19(27-14(3)32)28-24(30)35)36-11-17-15(33)10-20(37-17)29-8-6-18(25-12-29)26-13(2)31/h6-9,15-17,20-23,33-34H,4-5,10-12H2,1-3H3,(H,25,26,31)(H,27,28,32,35). The van der Waals surface area contributed by atoms with Gasteiger partial charge in [-0.3, -0.25) is 14.2 Å². The molecule has 2 saturated heterocycles. The molecule has 4 N–H and O–H groups in total. The number of carbonyl (C=O) groups is 2. The van der Waals surface area contributed by atoms with Crippen LogP contribution in [0.2, 0.25) is 0 Å². The smallest absolute Gasteiger partial charge is 0.351 e. The van der Waals surface area contributed by atoms with Crippen molar-refractivity contribution in [2.75, 3.05) is 18.6 Å². The van der Waals surface area contributed by atoms with Crippen LogP contribution >= 0.6 is 0 Å². The normalized spacial score (nSPS) is 30.8. The van der Waals surface area contributed by atoms with E-state index in [0.29, 0.717) is 18.7 Å². The van der Waals surface area contributed by atoms with Gasteiger partial charge >= 0.3 is 5.69 Å². The van der Waals surface area contributed by atoms with E-state index >= 15 is 0 Å². The lowest BCUT2D eigenvalue weighted by Gasteiger charge is -2.28. The van der Waals surface area contributed by atoms with Crippen molar-refractivity contribution in [1.82, 2.24) is 19.8 Å². The Balaban J connectivity index is 1.41. The molecule has 0 saturated carbocycles. The van der Waals surface area contributed by atoms with Crippen molar-refractivity contribution in [2.45, 2.75) is 83.0 Å². The van der Waals surface area contributed by atoms with Crippen molar-refractivity contribution in [3.05, 3.63) is 35.0 Å². The van der Waals surface area contributed by atoms with Crippen LogP contribution in [0.1, 0.15) is 46.3 Å². The lowest BCUT2D eigenvalue weighted by molar-refractivity contribution is -0.123. The van der Waals surface area contributed by atoms with Crippen molar-refractivity contribution in [1.29, 1.82) is 0 Å². The fourth-order valence-corrected chi connectivity index (χ4v) is 4.65. The predicted octanol–water partition coefficient (Wildman–Crippen LogP) is -0.557. The minimum atomic E-state index is -1.03. The zero-order valence-corrected chi connectivity index (χ0v) is 21.5. The average Bonchev–Trinajstić information content (AvgIpc) is 3.37. The summed E-state index contributed by atoms with van der Waals surface area (Å²) in [7, 11) is 0. The zero-order chi connectivity index (χ0) is 27.4. The maximum atomic E-state index is 12.7. The lowest BCUT2D eigenvalue weighted by Crippen LogP contribution is -2.40. The Morgan fingerprint density at radius 1 is 1.18 bits per heavy atom. The molecule has 0 bridgehead atoms. The van der Waals surface area contributed by atoms with Gasteiger partial charge in [0.15, 0.2) is 6.23 Å². The van der Waals surface area contributed by atoms with Crippen molar-refractivity contribution >= 4 is 23.5 Å². The third-order valence-electron chi connectivity index (χ3n) is 6.45. The summed E-state index contributed by atoms with van der Waals surface area (Å²) in [5, 5.41) is 26.6. The number of anilines is 1. The highest BCUT2D eigenvalue weighted by Gasteiger charge is 2.47. The Bertz CT molecular complexity index is 1140. The maximum Gasteiger partial charge on any atom is 0.351 e. The first-order valence-corrected chi connectivity index (χ1v) is 12.6. The van der Waals surface area contributed by atoms with Crippen LogP contribution in [-0.4, -0.2) is 92.3 Å². The van der Waals surface area contributed by atoms with Gasteiger partial charge in [0, 0.05) is 32.7 Å². The first-order chi connectivity index (χ1) is 18.2. The number of rotatable bonds is 8. The molecule has 2 fully saturated rings. The summed E-state index contributed by atoms with van der Waals surface area (Å²) in [6.45, 7) is 4.86. The highest BCUT2D eigenvalue weighted by atomic mass is 16.6. The molecule has 1 aromatic heterocycles. The second-order valence-electron chi connectivity index (χ2n) is 9.45. The SMILES string of the molecule is CCCC1OC(n2ccc(NC(C)=O)nc2=O)C(OCC2OC(N3C=CC(NC(C)=O)=NC3)CC2O)C1O. The largest absolute Gasteiger partial charge is 0.390 e. The van der Waals surface area contributed by atoms with Gasteiger partial charge in [-0.2, -0.15) is 4.98 Å². The Morgan fingerprint density at radius 2 is 1.95 bits per heavy atom. The molecule has 0 aromatic carbocycles. The Labute approximate surface area is 219 Å². The number of amides is 2. The molecule has 208 valence electrons. The van der Waals surface area contributed by atoms with Crippen LogP contribution in [0.15, 0.2) is 34.3 Å². The summed E-state index contributed by atoms with van der Waals surface area (Å²) in [5.74, 6) is -0.0238. The number of aliphatic hydroxyl groups excluding tert-OH is 2. The average molecular weight is 535 g/mol. The molecule has 7 unspecified atom stereocenters. The molecular formula is C24H34N6O8. The topological polar surface area (TPSA) is 177 Å². The van der Waals surface area contributed by atoms with E-state index in [-0.39, 0.29) is 30.9 Å². The molecule has 14 heteroatoms. The lowest BCUT2D eigenvalue weighted by atomic mass is 10.1. The summed E-state index contributed by atoms with van der Waals surface area (Å²) < 4.78 is 19.3. The number of nitrogens with zero attached hydrogens (tertiary/aromatic N) is 4. The van der Waals surface area contributed by atoms with E-state index in [4.69, 9.17) is 14.2 Å². The van der Waals surface area contributed by atoms with Crippen LogP contribution in [0.4, 0.5) is 5.82 Å². The number of nitrogens with one attached hydrogen (secondary N) is 2. The third kappa shape index (κ3) is 6.45. The number of aliphatic hydroxyl groups is 2. The van der Waals surface area contributed by atoms with Crippen molar-refractivity contribution < 1.29 is 34.0 Å². The van der Waals surface area contributed by atoms with Gasteiger partial charge in [0.1, 0.15) is 42.9 Å². The first-order valence-electron chi connectivity index (χ1n) is 12.6. The van der Waals surface area contributed by atoms with Crippen LogP contribution in [0.3, 0.4) is 0 Å². The van der Waals surface area contributed by atoms with Gasteiger partial charge in [0.2, 0.25) is 11.8 Å². The van der Waals surface area contributed by atoms with E-state index < -0.39 is 48.7 Å². The molecule has 0 spiro atoms. The number of aromatic nitrogens is 2. The summed E-state index contributed by atoms with van der Waals surface area (Å²) in [4.78, 5) is 45.2. The van der Waals surface area contributed by atoms with Gasteiger partial charge in [0.05, 0.1) is 18.8 Å². The quantitative estimate of drug-likeness (QED) is 0.338. The van der Waals surface area contributed by atoms with Crippen molar-refractivity contribution in [3.8, 4) is 0 Å². The summed E-state index contributed by atoms with van der Waals surface area (Å²) >= 11 is 0. The number of carbonyl (C=O) groups excluding carboxylic acids is 2. The number of amidine groups is 1. The zero-order valence-electron chi connectivity index (χ0n) is 21.5. The molecule has 3 aliphatic rings. The molecule has 3 aliphatic heterocycles. The first kappa shape index (κ1) is 27.9. The Hall–Kier alpha value is -3.17. The molecule has 0 aliphatic carbocycles. The van der Waals surface area contributed by atoms with E-state index in [1.807, 2.05) is 6.92 Å². The summed E-state index contributed by atoms with van der Waals surface area (Å²) in [6, 6.07) is 1.46. The van der Waals surface area contributed by atoms with Crippen molar-refractivity contribution in [3.63, 3.8) is 0 Å². The van der Waals surface area contributed by atoms with E-state index in [9.17, 15) is 24.6 Å². The summed E-state index contributed by atoms with van der Waals surface area (Å²) in [6.07, 6.45) is 0.968. The molecule has 4 rings (SSSR count). The fraction of sp³-hybridized carbons (Fsp3) is 0.625. The van der Waals surface area contributed by atoms with E-state index in [0.717, 1.165) is 6.42 Å². The Morgan fingerprint density at radius 3 is 2.58 bits per heavy atom. The van der Waals surface area contributed by atoms with Crippen LogP contribution in [0.5, 0.6) is 0 Å². The molecule has 38 heavy (non-hydrogen) atoms. The van der Waals surface area contributed by atoms with Gasteiger partial charge in [-0.15, -0.1) is 0 Å². The maximum absolute atomic E-state index is 12.7. The number of hydrogen-bond acceptors (Lipinski definition) is 11. The Kier molecular flexibility index (Phi) is 8.89. The molecule has 4 heterocycles. The molecule has 14 nitrogen and oxygen atoms in total. The number of aliphatic imine (C=N–C) groups is 1. The molecule has 0 radical (unpaired) electrons. The minimum Gasteiger partial charge on any atom is -0.390 e. The van der Waals surface area contributed by atoms with Gasteiger partial charge in [-0.05, 0) is 18.6 Å². The summed E-state index contributed by atoms with van der Waals surface area (Å²) in [5.41, 5.74) is -0.674. The molecule has 7 atom stereocenters. The van der Waals surface area contributed by atoms with E-state index in [2.05, 4.69) is 20.6 Å². The van der Waals surface area contributed by atoms with Crippen molar-refractivity contribution in [2.24, 2.45) is 4.99 Å². The molecule has 1 aromatic rings. The van der Waals surface area contributed by atoms with Crippen LogP contribution < -0.4 is 16.3 Å².